The molecule has 8 nitrogen and oxygen atoms in total. The van der Waals surface area contributed by atoms with Crippen molar-refractivity contribution >= 4 is 28.7 Å². The number of benzene rings is 1. The van der Waals surface area contributed by atoms with Gasteiger partial charge in [0, 0.05) is 10.9 Å². The van der Waals surface area contributed by atoms with Crippen LogP contribution in [0, 0.1) is 0 Å². The first kappa shape index (κ1) is 20.7. The molecule has 1 aliphatic rings. The van der Waals surface area contributed by atoms with Crippen molar-refractivity contribution in [2.45, 2.75) is 44.6 Å². The molecule has 3 aromatic rings. The molecular weight excluding hydrogens is 400 g/mol. The van der Waals surface area contributed by atoms with Crippen molar-refractivity contribution in [1.29, 1.82) is 0 Å². The quantitative estimate of drug-likeness (QED) is 0.530. The minimum atomic E-state index is -1.13. The van der Waals surface area contributed by atoms with Crippen LogP contribution in [0.4, 0.5) is 0 Å². The van der Waals surface area contributed by atoms with Crippen molar-refractivity contribution in [3.05, 3.63) is 47.9 Å². The zero-order valence-electron chi connectivity index (χ0n) is 17.0. The van der Waals surface area contributed by atoms with Crippen molar-refractivity contribution in [3.8, 4) is 11.3 Å². The van der Waals surface area contributed by atoms with E-state index in [2.05, 4.69) is 5.32 Å². The number of carbonyl (C=O) groups is 3. The smallest absolute Gasteiger partial charge is 0.335 e. The van der Waals surface area contributed by atoms with Gasteiger partial charge in [0.1, 0.15) is 13.1 Å². The topological polar surface area (TPSA) is 122 Å². The Kier molecular flexibility index (Phi) is 5.79. The SMILES string of the molecule is O=C(O)CNC(=O)Cn1c(-c2ccoc2)c(C2CCCCC2)c2ccc(C(=O)O)cc21. The van der Waals surface area contributed by atoms with Crippen LogP contribution >= 0.6 is 0 Å². The third kappa shape index (κ3) is 4.19. The summed E-state index contributed by atoms with van der Waals surface area (Å²) >= 11 is 0. The van der Waals surface area contributed by atoms with Gasteiger partial charge in [-0.3, -0.25) is 9.59 Å². The molecule has 0 unspecified atom stereocenters. The number of furan rings is 1. The lowest BCUT2D eigenvalue weighted by atomic mass is 9.82. The largest absolute Gasteiger partial charge is 0.480 e. The molecule has 0 aliphatic heterocycles. The molecule has 2 heterocycles. The van der Waals surface area contributed by atoms with Crippen LogP contribution in [0.25, 0.3) is 22.2 Å². The molecule has 4 rings (SSSR count). The minimum Gasteiger partial charge on any atom is -0.480 e. The van der Waals surface area contributed by atoms with Gasteiger partial charge in [0.05, 0.1) is 29.3 Å². The highest BCUT2D eigenvalue weighted by atomic mass is 16.4. The van der Waals surface area contributed by atoms with Crippen molar-refractivity contribution in [3.63, 3.8) is 0 Å². The normalized spacial score (nSPS) is 14.6. The van der Waals surface area contributed by atoms with E-state index in [0.717, 1.165) is 47.9 Å². The van der Waals surface area contributed by atoms with E-state index in [9.17, 15) is 19.5 Å². The van der Waals surface area contributed by atoms with Gasteiger partial charge in [0.2, 0.25) is 5.91 Å². The molecular formula is C23H24N2O6. The van der Waals surface area contributed by atoms with Gasteiger partial charge in [-0.1, -0.05) is 25.3 Å². The van der Waals surface area contributed by atoms with E-state index in [1.54, 1.807) is 29.2 Å². The Balaban J connectivity index is 1.91. The van der Waals surface area contributed by atoms with Gasteiger partial charge >= 0.3 is 11.9 Å². The highest BCUT2D eigenvalue weighted by molar-refractivity contribution is 5.99. The molecule has 31 heavy (non-hydrogen) atoms. The summed E-state index contributed by atoms with van der Waals surface area (Å²) in [7, 11) is 0. The summed E-state index contributed by atoms with van der Waals surface area (Å²) in [5.74, 6) is -2.34. The molecule has 3 N–H and O–H groups in total. The number of amides is 1. The lowest BCUT2D eigenvalue weighted by Gasteiger charge is -2.23. The summed E-state index contributed by atoms with van der Waals surface area (Å²) < 4.78 is 7.11. The van der Waals surface area contributed by atoms with Gasteiger partial charge in [-0.05, 0) is 42.5 Å². The van der Waals surface area contributed by atoms with E-state index in [1.165, 1.54) is 6.42 Å². The monoisotopic (exact) mass is 424 g/mol. The minimum absolute atomic E-state index is 0.125. The maximum atomic E-state index is 12.6. The van der Waals surface area contributed by atoms with Crippen molar-refractivity contribution in [2.75, 3.05) is 6.54 Å². The van der Waals surface area contributed by atoms with Crippen molar-refractivity contribution < 1.29 is 29.0 Å². The molecule has 8 heteroatoms. The van der Waals surface area contributed by atoms with Crippen LogP contribution in [-0.4, -0.2) is 39.2 Å². The van der Waals surface area contributed by atoms with Gasteiger partial charge in [0.15, 0.2) is 0 Å². The van der Waals surface area contributed by atoms with E-state index in [1.807, 2.05) is 12.1 Å². The van der Waals surface area contributed by atoms with Gasteiger partial charge in [-0.2, -0.15) is 0 Å². The van der Waals surface area contributed by atoms with Crippen molar-refractivity contribution in [2.24, 2.45) is 0 Å². The van der Waals surface area contributed by atoms with E-state index < -0.39 is 24.4 Å². The van der Waals surface area contributed by atoms with Crippen LogP contribution in [0.1, 0.15) is 53.9 Å². The molecule has 0 saturated heterocycles. The number of hydrogen-bond donors (Lipinski definition) is 3. The van der Waals surface area contributed by atoms with Gasteiger partial charge < -0.3 is 24.5 Å². The van der Waals surface area contributed by atoms with Crippen LogP contribution in [0.3, 0.4) is 0 Å². The average molecular weight is 424 g/mol. The maximum Gasteiger partial charge on any atom is 0.335 e. The zero-order valence-corrected chi connectivity index (χ0v) is 17.0. The van der Waals surface area contributed by atoms with E-state index >= 15 is 0 Å². The molecule has 1 saturated carbocycles. The van der Waals surface area contributed by atoms with Crippen LogP contribution in [0.15, 0.2) is 41.2 Å². The summed E-state index contributed by atoms with van der Waals surface area (Å²) in [5.41, 5.74) is 3.50. The van der Waals surface area contributed by atoms with Crippen LogP contribution in [0.5, 0.6) is 0 Å². The Labute approximate surface area is 178 Å². The van der Waals surface area contributed by atoms with Gasteiger partial charge in [0.25, 0.3) is 0 Å². The fourth-order valence-corrected chi connectivity index (χ4v) is 4.56. The molecule has 0 bridgehead atoms. The maximum absolute atomic E-state index is 12.6. The number of carboxylic acids is 2. The second-order valence-corrected chi connectivity index (χ2v) is 7.90. The van der Waals surface area contributed by atoms with Crippen LogP contribution < -0.4 is 5.32 Å². The Morgan fingerprint density at radius 3 is 2.52 bits per heavy atom. The highest BCUT2D eigenvalue weighted by Crippen LogP contribution is 2.44. The Morgan fingerprint density at radius 2 is 1.87 bits per heavy atom. The second-order valence-electron chi connectivity index (χ2n) is 7.90. The molecule has 0 atom stereocenters. The molecule has 162 valence electrons. The van der Waals surface area contributed by atoms with E-state index in [4.69, 9.17) is 9.52 Å². The molecule has 1 aliphatic carbocycles. The standard InChI is InChI=1S/C23H24N2O6/c26-19(24-11-20(27)28)12-25-18-10-15(23(29)30)6-7-17(18)21(14-4-2-1-3-5-14)22(25)16-8-9-31-13-16/h6-10,13-14H,1-5,11-12H2,(H,24,26)(H,27,28)(H,29,30). The average Bonchev–Trinajstić information content (AvgIpc) is 3.39. The number of fused-ring (bicyclic) bond motifs is 1. The number of carboxylic acid groups (broad SMARTS) is 2. The zero-order chi connectivity index (χ0) is 22.0. The number of aromatic carboxylic acids is 1. The van der Waals surface area contributed by atoms with Crippen molar-refractivity contribution in [1.82, 2.24) is 9.88 Å². The van der Waals surface area contributed by atoms with Gasteiger partial charge in [-0.15, -0.1) is 0 Å². The predicted octanol–water partition coefficient (Wildman–Crippen LogP) is 3.85. The number of nitrogens with one attached hydrogen (secondary N) is 1. The number of rotatable bonds is 7. The molecule has 0 spiro atoms. The molecule has 1 fully saturated rings. The molecule has 0 radical (unpaired) electrons. The Bertz CT molecular complexity index is 1120. The summed E-state index contributed by atoms with van der Waals surface area (Å²) in [5, 5.41) is 21.7. The third-order valence-corrected chi connectivity index (χ3v) is 5.90. The Hall–Kier alpha value is -3.55. The summed E-state index contributed by atoms with van der Waals surface area (Å²) in [6, 6.07) is 6.81. The Morgan fingerprint density at radius 1 is 1.10 bits per heavy atom. The highest BCUT2D eigenvalue weighted by Gasteiger charge is 2.28. The summed E-state index contributed by atoms with van der Waals surface area (Å²) in [6.07, 6.45) is 8.66. The second kappa shape index (κ2) is 8.67. The lowest BCUT2D eigenvalue weighted by Crippen LogP contribution is -2.32. The third-order valence-electron chi connectivity index (χ3n) is 5.90. The first-order chi connectivity index (χ1) is 15.0. The fourth-order valence-electron chi connectivity index (χ4n) is 4.56. The van der Waals surface area contributed by atoms with Gasteiger partial charge in [-0.25, -0.2) is 4.79 Å². The summed E-state index contributed by atoms with van der Waals surface area (Å²) in [6.45, 7) is -0.602. The fraction of sp³-hybridized carbons (Fsp3) is 0.348. The number of aromatic nitrogens is 1. The van der Waals surface area contributed by atoms with E-state index in [-0.39, 0.29) is 12.1 Å². The number of hydrogen-bond acceptors (Lipinski definition) is 4. The number of aliphatic carboxylic acids is 1. The molecule has 2 aromatic heterocycles. The molecule has 1 aromatic carbocycles. The predicted molar refractivity (Wildman–Crippen MR) is 113 cm³/mol. The number of nitrogens with zero attached hydrogens (tertiary/aromatic N) is 1. The first-order valence-electron chi connectivity index (χ1n) is 10.4. The number of carbonyl (C=O) groups excluding carboxylic acids is 1. The molecule has 1 amide bonds. The van der Waals surface area contributed by atoms with Crippen LogP contribution in [-0.2, 0) is 16.1 Å². The lowest BCUT2D eigenvalue weighted by molar-refractivity contribution is -0.138. The first-order valence-corrected chi connectivity index (χ1v) is 10.4. The van der Waals surface area contributed by atoms with E-state index in [0.29, 0.717) is 11.4 Å². The van der Waals surface area contributed by atoms with Crippen LogP contribution in [0.2, 0.25) is 0 Å². The summed E-state index contributed by atoms with van der Waals surface area (Å²) in [4.78, 5) is 35.0.